The molecule has 4 N–H and O–H groups in total. The molecule has 1 aliphatic carbocycles. The van der Waals surface area contributed by atoms with Gasteiger partial charge in [-0.1, -0.05) is 23.2 Å². The molecule has 1 heterocycles. The van der Waals surface area contributed by atoms with E-state index in [0.29, 0.717) is 27.7 Å². The van der Waals surface area contributed by atoms with Crippen LogP contribution < -0.4 is 16.6 Å². The van der Waals surface area contributed by atoms with Crippen LogP contribution in [-0.4, -0.2) is 22.5 Å². The summed E-state index contributed by atoms with van der Waals surface area (Å²) in [6.07, 6.45) is 6.91. The van der Waals surface area contributed by atoms with Gasteiger partial charge in [0.2, 0.25) is 0 Å². The normalized spacial score (nSPS) is 23.2. The zero-order valence-corrected chi connectivity index (χ0v) is 13.1. The molecular weight excluding hydrogens is 303 g/mol. The smallest absolute Gasteiger partial charge is 0.161 e. The number of thioether (sulfide) groups is 1. The number of hydrogen-bond donors (Lipinski definition) is 3. The van der Waals surface area contributed by atoms with Crippen LogP contribution in [0.25, 0.3) is 0 Å². The summed E-state index contributed by atoms with van der Waals surface area (Å²) in [5, 5.41) is 5.12. The van der Waals surface area contributed by atoms with Gasteiger partial charge in [-0.15, -0.1) is 0 Å². The van der Waals surface area contributed by atoms with Crippen LogP contribution in [0.15, 0.2) is 6.07 Å². The predicted molar refractivity (Wildman–Crippen MR) is 85.2 cm³/mol. The number of hydrazine groups is 1. The van der Waals surface area contributed by atoms with Gasteiger partial charge in [-0.05, 0) is 38.0 Å². The van der Waals surface area contributed by atoms with Gasteiger partial charge < -0.3 is 10.7 Å². The van der Waals surface area contributed by atoms with Crippen LogP contribution in [0.4, 0.5) is 11.6 Å². The molecule has 1 fully saturated rings. The summed E-state index contributed by atoms with van der Waals surface area (Å²) < 4.78 is 0. The molecular formula is C12H18Cl2N4S. The Labute approximate surface area is 127 Å². The number of hydrogen-bond acceptors (Lipinski definition) is 5. The number of nitrogens with one attached hydrogen (secondary N) is 2. The number of rotatable bonds is 4. The molecule has 0 radical (unpaired) electrons. The van der Waals surface area contributed by atoms with Crippen molar-refractivity contribution >= 4 is 46.6 Å². The number of halogens is 2. The van der Waals surface area contributed by atoms with Crippen LogP contribution in [0.5, 0.6) is 0 Å². The van der Waals surface area contributed by atoms with Gasteiger partial charge in [0.1, 0.15) is 5.82 Å². The fourth-order valence-electron chi connectivity index (χ4n) is 2.31. The zero-order chi connectivity index (χ0) is 13.8. The van der Waals surface area contributed by atoms with E-state index in [9.17, 15) is 0 Å². The van der Waals surface area contributed by atoms with Gasteiger partial charge in [0.15, 0.2) is 5.82 Å². The first-order chi connectivity index (χ1) is 9.13. The lowest BCUT2D eigenvalue weighted by Crippen LogP contribution is -2.27. The predicted octanol–water partition coefficient (Wildman–Crippen LogP) is 3.76. The molecule has 0 aliphatic heterocycles. The Kier molecular flexibility index (Phi) is 5.45. The number of nitrogen functional groups attached to an aromatic ring is 1. The second-order valence-corrected chi connectivity index (χ2v) is 6.60. The maximum Gasteiger partial charge on any atom is 0.161 e. The van der Waals surface area contributed by atoms with E-state index in [0.717, 1.165) is 18.1 Å². The summed E-state index contributed by atoms with van der Waals surface area (Å²) in [5.74, 6) is 6.45. The molecule has 1 aromatic heterocycles. The van der Waals surface area contributed by atoms with Crippen molar-refractivity contribution < 1.29 is 0 Å². The summed E-state index contributed by atoms with van der Waals surface area (Å²) in [5.41, 5.74) is 2.47. The van der Waals surface area contributed by atoms with Gasteiger partial charge in [-0.25, -0.2) is 10.8 Å². The molecule has 1 saturated carbocycles. The van der Waals surface area contributed by atoms with Crippen molar-refractivity contribution in [1.82, 2.24) is 4.98 Å². The second-order valence-electron chi connectivity index (χ2n) is 4.65. The first-order valence-electron chi connectivity index (χ1n) is 6.26. The lowest BCUT2D eigenvalue weighted by Gasteiger charge is -2.28. The van der Waals surface area contributed by atoms with Gasteiger partial charge in [-0.2, -0.15) is 11.8 Å². The first-order valence-corrected chi connectivity index (χ1v) is 8.30. The average molecular weight is 321 g/mol. The van der Waals surface area contributed by atoms with Crippen LogP contribution >= 0.6 is 35.0 Å². The molecule has 0 saturated heterocycles. The Balaban J connectivity index is 2.03. The molecule has 19 heavy (non-hydrogen) atoms. The van der Waals surface area contributed by atoms with Gasteiger partial charge in [-0.3, -0.25) is 0 Å². The van der Waals surface area contributed by atoms with E-state index in [-0.39, 0.29) is 0 Å². The first kappa shape index (κ1) is 15.0. The fraction of sp³-hybridized carbons (Fsp3) is 0.583. The fourth-order valence-corrected chi connectivity index (χ4v) is 3.52. The number of nitrogens with zero attached hydrogens (tertiary/aromatic N) is 1. The maximum absolute atomic E-state index is 6.15. The van der Waals surface area contributed by atoms with Gasteiger partial charge in [0.25, 0.3) is 0 Å². The van der Waals surface area contributed by atoms with Crippen LogP contribution in [0, 0.1) is 0 Å². The second kappa shape index (κ2) is 6.88. The van der Waals surface area contributed by atoms with E-state index in [4.69, 9.17) is 29.0 Å². The Morgan fingerprint density at radius 1 is 1.21 bits per heavy atom. The molecule has 2 rings (SSSR count). The highest BCUT2D eigenvalue weighted by molar-refractivity contribution is 7.99. The Hall–Kier alpha value is -0.360. The highest BCUT2D eigenvalue weighted by Gasteiger charge is 2.21. The van der Waals surface area contributed by atoms with Crippen molar-refractivity contribution in [3.63, 3.8) is 0 Å². The third-order valence-corrected chi connectivity index (χ3v) is 5.13. The summed E-state index contributed by atoms with van der Waals surface area (Å²) in [6.45, 7) is 0. The zero-order valence-electron chi connectivity index (χ0n) is 10.7. The van der Waals surface area contributed by atoms with E-state index in [1.807, 2.05) is 11.8 Å². The number of nitrogens with two attached hydrogens (primary N) is 1. The lowest BCUT2D eigenvalue weighted by atomic mass is 9.95. The van der Waals surface area contributed by atoms with Crippen molar-refractivity contribution in [1.29, 1.82) is 0 Å². The molecule has 1 aliphatic rings. The Bertz CT molecular complexity index is 436. The quantitative estimate of drug-likeness (QED) is 0.582. The molecule has 106 valence electrons. The van der Waals surface area contributed by atoms with Crippen LogP contribution in [-0.2, 0) is 0 Å². The van der Waals surface area contributed by atoms with E-state index in [1.165, 1.54) is 12.8 Å². The van der Waals surface area contributed by atoms with Crippen molar-refractivity contribution in [2.45, 2.75) is 37.0 Å². The minimum Gasteiger partial charge on any atom is -0.366 e. The molecule has 0 amide bonds. The Morgan fingerprint density at radius 3 is 2.42 bits per heavy atom. The third kappa shape index (κ3) is 3.81. The molecule has 0 aromatic carbocycles. The molecule has 4 nitrogen and oxygen atoms in total. The molecule has 1 aromatic rings. The van der Waals surface area contributed by atoms with Crippen molar-refractivity contribution in [2.75, 3.05) is 17.0 Å². The standard InChI is InChI=1S/C12H18Cl2N4S/c1-19-8-4-2-7(3-5-8)16-11-9(13)6-10(14)12(17-11)18-15/h6-8H,2-5,15H2,1H3,(H2,16,17,18). The number of aromatic nitrogens is 1. The van der Waals surface area contributed by atoms with E-state index in [1.54, 1.807) is 6.07 Å². The van der Waals surface area contributed by atoms with E-state index >= 15 is 0 Å². The van der Waals surface area contributed by atoms with Crippen molar-refractivity contribution in [3.8, 4) is 0 Å². The highest BCUT2D eigenvalue weighted by Crippen LogP contribution is 2.32. The average Bonchev–Trinajstić information content (AvgIpc) is 2.42. The summed E-state index contributed by atoms with van der Waals surface area (Å²) in [4.78, 5) is 4.31. The third-order valence-electron chi connectivity index (χ3n) is 3.41. The topological polar surface area (TPSA) is 63.0 Å². The molecule has 0 atom stereocenters. The van der Waals surface area contributed by atoms with Crippen LogP contribution in [0.1, 0.15) is 25.7 Å². The number of pyridine rings is 1. The molecule has 7 heteroatoms. The van der Waals surface area contributed by atoms with Gasteiger partial charge in [0, 0.05) is 11.3 Å². The van der Waals surface area contributed by atoms with E-state index in [2.05, 4.69) is 22.0 Å². The largest absolute Gasteiger partial charge is 0.366 e. The Morgan fingerprint density at radius 2 is 1.84 bits per heavy atom. The highest BCUT2D eigenvalue weighted by atomic mass is 35.5. The minimum atomic E-state index is 0.417. The molecule has 0 unspecified atom stereocenters. The summed E-state index contributed by atoms with van der Waals surface area (Å²) in [7, 11) is 0. The van der Waals surface area contributed by atoms with Crippen molar-refractivity contribution in [2.24, 2.45) is 5.84 Å². The molecule has 0 spiro atoms. The van der Waals surface area contributed by atoms with Crippen molar-refractivity contribution in [3.05, 3.63) is 16.1 Å². The van der Waals surface area contributed by atoms with Crippen LogP contribution in [0.3, 0.4) is 0 Å². The monoisotopic (exact) mass is 320 g/mol. The summed E-state index contributed by atoms with van der Waals surface area (Å²) in [6, 6.07) is 2.07. The maximum atomic E-state index is 6.15. The SMILES string of the molecule is CSC1CCC(Nc2nc(NN)c(Cl)cc2Cl)CC1. The molecule has 0 bridgehead atoms. The number of anilines is 2. The summed E-state index contributed by atoms with van der Waals surface area (Å²) >= 11 is 14.1. The lowest BCUT2D eigenvalue weighted by molar-refractivity contribution is 0.472. The minimum absolute atomic E-state index is 0.417. The van der Waals surface area contributed by atoms with Crippen LogP contribution in [0.2, 0.25) is 10.0 Å². The van der Waals surface area contributed by atoms with Gasteiger partial charge in [0.05, 0.1) is 10.0 Å². The van der Waals surface area contributed by atoms with E-state index < -0.39 is 0 Å². The van der Waals surface area contributed by atoms with Gasteiger partial charge >= 0.3 is 0 Å².